The van der Waals surface area contributed by atoms with Gasteiger partial charge in [-0.05, 0) is 31.7 Å². The van der Waals surface area contributed by atoms with Crippen LogP contribution in [-0.2, 0) is 4.74 Å². The van der Waals surface area contributed by atoms with Crippen LogP contribution in [0, 0.1) is 0 Å². The van der Waals surface area contributed by atoms with Gasteiger partial charge in [-0.2, -0.15) is 0 Å². The van der Waals surface area contributed by atoms with E-state index in [1.807, 2.05) is 6.20 Å². The number of hydrogen-bond donors (Lipinski definition) is 0. The number of benzene rings is 1. The molecule has 5 nitrogen and oxygen atoms in total. The first-order valence-corrected chi connectivity index (χ1v) is 8.63. The molecular formula is C18H23N3O2. The number of aromatic nitrogens is 2. The van der Waals surface area contributed by atoms with Crippen LogP contribution in [0.5, 0.6) is 5.75 Å². The number of nitrogens with zero attached hydrogens (tertiary/aromatic N) is 3. The lowest BCUT2D eigenvalue weighted by molar-refractivity contribution is 0.122. The molecule has 4 rings (SSSR count). The van der Waals surface area contributed by atoms with Gasteiger partial charge in [-0.25, -0.2) is 9.97 Å². The third-order valence-corrected chi connectivity index (χ3v) is 4.79. The third kappa shape index (κ3) is 3.24. The molecule has 5 heteroatoms. The summed E-state index contributed by atoms with van der Waals surface area (Å²) in [6.07, 6.45) is 9.96. The van der Waals surface area contributed by atoms with Gasteiger partial charge in [0, 0.05) is 31.0 Å². The van der Waals surface area contributed by atoms with Crippen molar-refractivity contribution in [2.24, 2.45) is 0 Å². The molecule has 2 heterocycles. The van der Waals surface area contributed by atoms with Gasteiger partial charge in [-0.1, -0.05) is 6.42 Å². The van der Waals surface area contributed by atoms with Gasteiger partial charge in [-0.15, -0.1) is 0 Å². The Hall–Kier alpha value is -1.88. The van der Waals surface area contributed by atoms with Crippen molar-refractivity contribution in [3.05, 3.63) is 24.7 Å². The number of morpholine rings is 1. The fraction of sp³-hybridized carbons (Fsp3) is 0.556. The van der Waals surface area contributed by atoms with Crippen LogP contribution in [0.1, 0.15) is 32.1 Å². The van der Waals surface area contributed by atoms with Crippen molar-refractivity contribution in [2.45, 2.75) is 38.2 Å². The van der Waals surface area contributed by atoms with Gasteiger partial charge in [0.2, 0.25) is 0 Å². The van der Waals surface area contributed by atoms with E-state index in [9.17, 15) is 0 Å². The second kappa shape index (κ2) is 6.71. The predicted octanol–water partition coefficient (Wildman–Crippen LogP) is 3.18. The summed E-state index contributed by atoms with van der Waals surface area (Å²) < 4.78 is 11.8. The lowest BCUT2D eigenvalue weighted by Gasteiger charge is -2.30. The Kier molecular flexibility index (Phi) is 4.28. The number of anilines is 1. The standard InChI is InChI=1S/C18H23N3O2/c1-2-4-15(5-3-1)23-18-11-14(21-6-8-22-9-7-21)10-17-16(18)12-19-13-20-17/h10-13,15H,1-9H2. The van der Waals surface area contributed by atoms with Crippen LogP contribution < -0.4 is 9.64 Å². The van der Waals surface area contributed by atoms with Gasteiger partial charge in [0.25, 0.3) is 0 Å². The van der Waals surface area contributed by atoms with Crippen LogP contribution in [-0.4, -0.2) is 42.4 Å². The molecule has 1 aromatic carbocycles. The molecule has 0 unspecified atom stereocenters. The second-order valence-electron chi connectivity index (χ2n) is 6.38. The normalized spacial score (nSPS) is 19.9. The molecule has 122 valence electrons. The summed E-state index contributed by atoms with van der Waals surface area (Å²) in [6, 6.07) is 4.29. The van der Waals surface area contributed by atoms with E-state index in [2.05, 4.69) is 27.0 Å². The minimum Gasteiger partial charge on any atom is -0.490 e. The minimum absolute atomic E-state index is 0.326. The summed E-state index contributed by atoms with van der Waals surface area (Å²) >= 11 is 0. The monoisotopic (exact) mass is 313 g/mol. The van der Waals surface area contributed by atoms with Crippen molar-refractivity contribution in [3.63, 3.8) is 0 Å². The van der Waals surface area contributed by atoms with Gasteiger partial charge < -0.3 is 14.4 Å². The van der Waals surface area contributed by atoms with Crippen LogP contribution in [0.3, 0.4) is 0 Å². The number of rotatable bonds is 3. The molecule has 0 bridgehead atoms. The zero-order valence-electron chi connectivity index (χ0n) is 13.4. The molecule has 0 spiro atoms. The maximum Gasteiger partial charge on any atom is 0.132 e. The summed E-state index contributed by atoms with van der Waals surface area (Å²) in [4.78, 5) is 11.0. The molecule has 2 aliphatic rings. The van der Waals surface area contributed by atoms with Crippen molar-refractivity contribution in [3.8, 4) is 5.75 Å². The molecule has 0 N–H and O–H groups in total. The van der Waals surface area contributed by atoms with Crippen molar-refractivity contribution < 1.29 is 9.47 Å². The minimum atomic E-state index is 0.326. The van der Waals surface area contributed by atoms with E-state index in [4.69, 9.17) is 9.47 Å². The van der Waals surface area contributed by atoms with Crippen molar-refractivity contribution >= 4 is 16.6 Å². The van der Waals surface area contributed by atoms with Crippen LogP contribution in [0.15, 0.2) is 24.7 Å². The van der Waals surface area contributed by atoms with Crippen molar-refractivity contribution in [2.75, 3.05) is 31.2 Å². The number of hydrogen-bond acceptors (Lipinski definition) is 5. The molecule has 0 amide bonds. The Morgan fingerprint density at radius 3 is 2.74 bits per heavy atom. The maximum atomic E-state index is 6.36. The Morgan fingerprint density at radius 2 is 1.91 bits per heavy atom. The molecule has 1 saturated carbocycles. The fourth-order valence-corrected chi connectivity index (χ4v) is 3.50. The highest BCUT2D eigenvalue weighted by atomic mass is 16.5. The summed E-state index contributed by atoms with van der Waals surface area (Å²) in [7, 11) is 0. The first kappa shape index (κ1) is 14.7. The largest absolute Gasteiger partial charge is 0.490 e. The first-order valence-electron chi connectivity index (χ1n) is 8.63. The average molecular weight is 313 g/mol. The highest BCUT2D eigenvalue weighted by Gasteiger charge is 2.19. The highest BCUT2D eigenvalue weighted by molar-refractivity contribution is 5.88. The van der Waals surface area contributed by atoms with E-state index >= 15 is 0 Å². The molecule has 1 saturated heterocycles. The first-order chi connectivity index (χ1) is 11.4. The molecule has 1 aliphatic carbocycles. The summed E-state index contributed by atoms with van der Waals surface area (Å²) in [5.41, 5.74) is 2.13. The van der Waals surface area contributed by atoms with E-state index in [1.165, 1.54) is 24.9 Å². The molecule has 0 atom stereocenters. The lowest BCUT2D eigenvalue weighted by Crippen LogP contribution is -2.36. The maximum absolute atomic E-state index is 6.36. The molecule has 0 radical (unpaired) electrons. The van der Waals surface area contributed by atoms with E-state index in [1.54, 1.807) is 6.33 Å². The fourth-order valence-electron chi connectivity index (χ4n) is 3.50. The third-order valence-electron chi connectivity index (χ3n) is 4.79. The topological polar surface area (TPSA) is 47.5 Å². The average Bonchev–Trinajstić information content (AvgIpc) is 2.63. The summed E-state index contributed by atoms with van der Waals surface area (Å²) in [6.45, 7) is 3.39. The van der Waals surface area contributed by atoms with Crippen molar-refractivity contribution in [1.82, 2.24) is 9.97 Å². The highest BCUT2D eigenvalue weighted by Crippen LogP contribution is 2.33. The van der Waals surface area contributed by atoms with Gasteiger partial charge in [0.05, 0.1) is 30.2 Å². The molecular weight excluding hydrogens is 290 g/mol. The van der Waals surface area contributed by atoms with Crippen LogP contribution >= 0.6 is 0 Å². The number of fused-ring (bicyclic) bond motifs is 1. The van der Waals surface area contributed by atoms with Crippen LogP contribution in [0.4, 0.5) is 5.69 Å². The number of ether oxygens (including phenoxy) is 2. The molecule has 1 aliphatic heterocycles. The van der Waals surface area contributed by atoms with E-state index in [0.29, 0.717) is 6.10 Å². The molecule has 2 aromatic rings. The molecule has 1 aromatic heterocycles. The smallest absolute Gasteiger partial charge is 0.132 e. The Morgan fingerprint density at radius 1 is 1.09 bits per heavy atom. The zero-order chi connectivity index (χ0) is 15.5. The van der Waals surface area contributed by atoms with E-state index in [-0.39, 0.29) is 0 Å². The van der Waals surface area contributed by atoms with Crippen LogP contribution in [0.25, 0.3) is 10.9 Å². The SMILES string of the molecule is c1ncc2c(OC3CCCCC3)cc(N3CCOCC3)cc2n1. The van der Waals surface area contributed by atoms with Gasteiger partial charge in [0.1, 0.15) is 12.1 Å². The second-order valence-corrected chi connectivity index (χ2v) is 6.38. The van der Waals surface area contributed by atoms with Crippen molar-refractivity contribution in [1.29, 1.82) is 0 Å². The molecule has 23 heavy (non-hydrogen) atoms. The van der Waals surface area contributed by atoms with Gasteiger partial charge in [0.15, 0.2) is 0 Å². The zero-order valence-corrected chi connectivity index (χ0v) is 13.4. The van der Waals surface area contributed by atoms with Crippen LogP contribution in [0.2, 0.25) is 0 Å². The quantitative estimate of drug-likeness (QED) is 0.871. The summed E-state index contributed by atoms with van der Waals surface area (Å²) in [5.74, 6) is 0.927. The molecule has 2 fully saturated rings. The Bertz CT molecular complexity index is 664. The predicted molar refractivity (Wildman–Crippen MR) is 90.1 cm³/mol. The Balaban J connectivity index is 1.68. The van der Waals surface area contributed by atoms with E-state index < -0.39 is 0 Å². The van der Waals surface area contributed by atoms with Gasteiger partial charge in [-0.3, -0.25) is 0 Å². The lowest BCUT2D eigenvalue weighted by atomic mass is 9.98. The Labute approximate surface area is 136 Å². The summed E-state index contributed by atoms with van der Waals surface area (Å²) in [5, 5.41) is 1.01. The van der Waals surface area contributed by atoms with Gasteiger partial charge >= 0.3 is 0 Å². The van der Waals surface area contributed by atoms with E-state index in [0.717, 1.165) is 55.8 Å².